The van der Waals surface area contributed by atoms with Gasteiger partial charge < -0.3 is 5.73 Å². The minimum Gasteiger partial charge on any atom is -0.329 e. The predicted molar refractivity (Wildman–Crippen MR) is 88.1 cm³/mol. The first kappa shape index (κ1) is 14.5. The van der Waals surface area contributed by atoms with Gasteiger partial charge in [0.2, 0.25) is 0 Å². The zero-order valence-electron chi connectivity index (χ0n) is 12.9. The van der Waals surface area contributed by atoms with Gasteiger partial charge in [0.05, 0.1) is 5.52 Å². The number of pyridine rings is 1. The molecule has 1 aromatic carbocycles. The normalized spacial score (nSPS) is 17.7. The van der Waals surface area contributed by atoms with Gasteiger partial charge in [-0.05, 0) is 43.1 Å². The molecule has 2 aromatic rings. The second-order valence-corrected chi connectivity index (χ2v) is 6.18. The number of fused-ring (bicyclic) bond motifs is 1. The highest BCUT2D eigenvalue weighted by atomic mass is 15.2. The summed E-state index contributed by atoms with van der Waals surface area (Å²) in [5.41, 5.74) is 8.79. The highest BCUT2D eigenvalue weighted by Crippen LogP contribution is 2.35. The highest BCUT2D eigenvalue weighted by Gasteiger charge is 2.37. The molecule has 0 amide bonds. The topological polar surface area (TPSA) is 42.2 Å². The minimum atomic E-state index is 0.221. The smallest absolute Gasteiger partial charge is 0.0702 e. The fourth-order valence-electron chi connectivity index (χ4n) is 3.74. The summed E-state index contributed by atoms with van der Waals surface area (Å²) in [7, 11) is 0. The lowest BCUT2D eigenvalue weighted by Crippen LogP contribution is -2.51. The Morgan fingerprint density at radius 2 is 2.05 bits per heavy atom. The Kier molecular flexibility index (Phi) is 4.22. The van der Waals surface area contributed by atoms with E-state index in [1.54, 1.807) is 0 Å². The van der Waals surface area contributed by atoms with Crippen molar-refractivity contribution in [2.24, 2.45) is 5.73 Å². The molecule has 1 fully saturated rings. The Hall–Kier alpha value is -1.45. The van der Waals surface area contributed by atoms with E-state index in [-0.39, 0.29) is 5.54 Å². The molecule has 1 aliphatic carbocycles. The fourth-order valence-corrected chi connectivity index (χ4v) is 3.74. The lowest BCUT2D eigenvalue weighted by molar-refractivity contribution is 0.0971. The van der Waals surface area contributed by atoms with Crippen LogP contribution in [0.15, 0.2) is 36.5 Å². The van der Waals surface area contributed by atoms with Crippen LogP contribution in [0, 0.1) is 0 Å². The number of benzene rings is 1. The zero-order chi connectivity index (χ0) is 14.7. The lowest BCUT2D eigenvalue weighted by Gasteiger charge is -2.40. The van der Waals surface area contributed by atoms with Gasteiger partial charge in [0.25, 0.3) is 0 Å². The number of hydrogen-bond acceptors (Lipinski definition) is 3. The van der Waals surface area contributed by atoms with Crippen molar-refractivity contribution < 1.29 is 0 Å². The van der Waals surface area contributed by atoms with Gasteiger partial charge in [0.15, 0.2) is 0 Å². The summed E-state index contributed by atoms with van der Waals surface area (Å²) >= 11 is 0. The summed E-state index contributed by atoms with van der Waals surface area (Å²) < 4.78 is 0. The van der Waals surface area contributed by atoms with E-state index in [1.807, 2.05) is 12.3 Å². The molecule has 0 radical (unpaired) electrons. The van der Waals surface area contributed by atoms with Crippen LogP contribution in [0.25, 0.3) is 10.9 Å². The van der Waals surface area contributed by atoms with Gasteiger partial charge in [-0.3, -0.25) is 9.88 Å². The van der Waals surface area contributed by atoms with E-state index in [0.717, 1.165) is 25.2 Å². The average Bonchev–Trinajstić information content (AvgIpc) is 3.02. The molecule has 2 N–H and O–H groups in total. The summed E-state index contributed by atoms with van der Waals surface area (Å²) in [6.45, 7) is 5.06. The molecule has 3 heteroatoms. The maximum Gasteiger partial charge on any atom is 0.0702 e. The maximum atomic E-state index is 6.14. The van der Waals surface area contributed by atoms with Crippen molar-refractivity contribution >= 4 is 10.9 Å². The SMILES string of the molecule is CCN(Cc1ccc2ncccc2c1)C1(CN)CCCC1. The Balaban J connectivity index is 1.85. The predicted octanol–water partition coefficient (Wildman–Crippen LogP) is 3.33. The van der Waals surface area contributed by atoms with Crippen molar-refractivity contribution in [1.82, 2.24) is 9.88 Å². The molecular formula is C18H25N3. The molecule has 1 heterocycles. The van der Waals surface area contributed by atoms with Crippen molar-refractivity contribution in [1.29, 1.82) is 0 Å². The summed E-state index contributed by atoms with van der Waals surface area (Å²) in [6.07, 6.45) is 6.96. The third kappa shape index (κ3) is 2.81. The van der Waals surface area contributed by atoms with Crippen LogP contribution in [0.2, 0.25) is 0 Å². The van der Waals surface area contributed by atoms with Crippen LogP contribution in [-0.2, 0) is 6.54 Å². The van der Waals surface area contributed by atoms with Crippen LogP contribution in [0.4, 0.5) is 0 Å². The van der Waals surface area contributed by atoms with E-state index in [0.29, 0.717) is 0 Å². The second-order valence-electron chi connectivity index (χ2n) is 6.18. The molecule has 0 bridgehead atoms. The van der Waals surface area contributed by atoms with E-state index < -0.39 is 0 Å². The van der Waals surface area contributed by atoms with Crippen LogP contribution in [-0.4, -0.2) is 28.5 Å². The van der Waals surface area contributed by atoms with Crippen LogP contribution in [0.1, 0.15) is 38.2 Å². The summed E-state index contributed by atoms with van der Waals surface area (Å²) in [6, 6.07) is 10.7. The second kappa shape index (κ2) is 6.12. The number of nitrogens with two attached hydrogens (primary N) is 1. The number of likely N-dealkylation sites (N-methyl/N-ethyl adjacent to an activating group) is 1. The number of nitrogens with zero attached hydrogens (tertiary/aromatic N) is 2. The highest BCUT2D eigenvalue weighted by molar-refractivity contribution is 5.78. The quantitative estimate of drug-likeness (QED) is 0.915. The van der Waals surface area contributed by atoms with Gasteiger partial charge >= 0.3 is 0 Å². The van der Waals surface area contributed by atoms with Crippen molar-refractivity contribution in [3.63, 3.8) is 0 Å². The maximum absolute atomic E-state index is 6.14. The van der Waals surface area contributed by atoms with Gasteiger partial charge in [0.1, 0.15) is 0 Å². The molecular weight excluding hydrogens is 258 g/mol. The molecule has 0 atom stereocenters. The Bertz CT molecular complexity index is 602. The van der Waals surface area contributed by atoms with Gasteiger partial charge in [-0.1, -0.05) is 31.9 Å². The number of rotatable bonds is 5. The number of hydrogen-bond donors (Lipinski definition) is 1. The van der Waals surface area contributed by atoms with Crippen LogP contribution in [0.3, 0.4) is 0 Å². The molecule has 1 saturated carbocycles. The number of aromatic nitrogens is 1. The largest absolute Gasteiger partial charge is 0.329 e. The monoisotopic (exact) mass is 283 g/mol. The molecule has 112 valence electrons. The molecule has 0 unspecified atom stereocenters. The van der Waals surface area contributed by atoms with E-state index in [1.165, 1.54) is 36.6 Å². The third-order valence-electron chi connectivity index (χ3n) is 5.01. The Morgan fingerprint density at radius 3 is 2.76 bits per heavy atom. The molecule has 3 nitrogen and oxygen atoms in total. The first-order valence-electron chi connectivity index (χ1n) is 8.06. The van der Waals surface area contributed by atoms with E-state index >= 15 is 0 Å². The van der Waals surface area contributed by atoms with Gasteiger partial charge in [-0.15, -0.1) is 0 Å². The zero-order valence-corrected chi connectivity index (χ0v) is 12.9. The van der Waals surface area contributed by atoms with Crippen LogP contribution in [0.5, 0.6) is 0 Å². The lowest BCUT2D eigenvalue weighted by atomic mass is 9.94. The van der Waals surface area contributed by atoms with E-state index in [4.69, 9.17) is 5.73 Å². The summed E-state index contributed by atoms with van der Waals surface area (Å²) in [5.74, 6) is 0. The average molecular weight is 283 g/mol. The van der Waals surface area contributed by atoms with Crippen molar-refractivity contribution in [3.05, 3.63) is 42.1 Å². The van der Waals surface area contributed by atoms with Gasteiger partial charge in [-0.25, -0.2) is 0 Å². The third-order valence-corrected chi connectivity index (χ3v) is 5.01. The molecule has 21 heavy (non-hydrogen) atoms. The standard InChI is InChI=1S/C18H25N3/c1-2-21(18(14-19)9-3-4-10-18)13-15-7-8-17-16(12-15)6-5-11-20-17/h5-8,11-12H,2-4,9-10,13-14,19H2,1H3. The minimum absolute atomic E-state index is 0.221. The molecule has 3 rings (SSSR count). The summed E-state index contributed by atoms with van der Waals surface area (Å²) in [5, 5.41) is 1.22. The van der Waals surface area contributed by atoms with Gasteiger partial charge in [0, 0.05) is 30.2 Å². The van der Waals surface area contributed by atoms with Crippen LogP contribution >= 0.6 is 0 Å². The molecule has 1 aromatic heterocycles. The molecule has 1 aliphatic rings. The van der Waals surface area contributed by atoms with Crippen molar-refractivity contribution in [2.75, 3.05) is 13.1 Å². The van der Waals surface area contributed by atoms with E-state index in [2.05, 4.69) is 41.1 Å². The first-order chi connectivity index (χ1) is 10.3. The van der Waals surface area contributed by atoms with Gasteiger partial charge in [-0.2, -0.15) is 0 Å². The van der Waals surface area contributed by atoms with Crippen molar-refractivity contribution in [2.45, 2.75) is 44.7 Å². The molecule has 0 saturated heterocycles. The molecule has 0 spiro atoms. The van der Waals surface area contributed by atoms with E-state index in [9.17, 15) is 0 Å². The summed E-state index contributed by atoms with van der Waals surface area (Å²) in [4.78, 5) is 6.98. The fraction of sp³-hybridized carbons (Fsp3) is 0.500. The Morgan fingerprint density at radius 1 is 1.24 bits per heavy atom. The Labute approximate surface area is 127 Å². The van der Waals surface area contributed by atoms with Crippen molar-refractivity contribution in [3.8, 4) is 0 Å². The van der Waals surface area contributed by atoms with Crippen LogP contribution < -0.4 is 5.73 Å². The first-order valence-corrected chi connectivity index (χ1v) is 8.06. The molecule has 0 aliphatic heterocycles.